The zero-order chi connectivity index (χ0) is 22.1. The van der Waals surface area contributed by atoms with E-state index in [1.807, 2.05) is 11.0 Å². The molecule has 1 amide bonds. The second-order valence-electron chi connectivity index (χ2n) is 8.33. The normalized spacial score (nSPS) is 18.9. The number of piperazine rings is 1. The van der Waals surface area contributed by atoms with Gasteiger partial charge in [0.05, 0.1) is 24.4 Å². The summed E-state index contributed by atoms with van der Waals surface area (Å²) in [6, 6.07) is 8.34. The van der Waals surface area contributed by atoms with Gasteiger partial charge in [0.1, 0.15) is 6.10 Å². The maximum absolute atomic E-state index is 11.6. The number of rotatable bonds is 4. The lowest BCUT2D eigenvalue weighted by atomic mass is 10.0. The van der Waals surface area contributed by atoms with E-state index in [2.05, 4.69) is 40.0 Å². The van der Waals surface area contributed by atoms with Crippen LogP contribution in [0.3, 0.4) is 0 Å². The molecule has 0 radical (unpaired) electrons. The van der Waals surface area contributed by atoms with Crippen molar-refractivity contribution in [2.75, 3.05) is 44.3 Å². The van der Waals surface area contributed by atoms with Crippen molar-refractivity contribution in [2.45, 2.75) is 26.4 Å². The molecule has 0 N–H and O–H groups in total. The molecule has 2 aromatic heterocycles. The van der Waals surface area contributed by atoms with Crippen LogP contribution in [0, 0.1) is 6.92 Å². The zero-order valence-electron chi connectivity index (χ0n) is 18.5. The quantitative estimate of drug-likeness (QED) is 0.626. The summed E-state index contributed by atoms with van der Waals surface area (Å²) in [5.41, 5.74) is 5.61. The molecule has 5 rings (SSSR count). The van der Waals surface area contributed by atoms with Crippen LogP contribution in [0.25, 0.3) is 22.3 Å². The summed E-state index contributed by atoms with van der Waals surface area (Å²) in [5.74, 6) is 0.646. The number of nitrogens with zero attached hydrogens (tertiary/aromatic N) is 5. The minimum Gasteiger partial charge on any atom is -0.470 e. The highest BCUT2D eigenvalue weighted by Crippen LogP contribution is 2.31. The third kappa shape index (κ3) is 4.10. The molecular formula is C24H27N5O3. The Labute approximate surface area is 187 Å². The first-order chi connectivity index (χ1) is 15.6. The molecule has 0 aliphatic carbocycles. The summed E-state index contributed by atoms with van der Waals surface area (Å²) in [5, 5.41) is 0. The SMILES string of the molecule is CC(=O)N1CCN(c2ccc(-c3cc4nccnc4c(O[C@@H]4CCOC4)n3)cc2C)CC1. The first kappa shape index (κ1) is 20.6. The maximum atomic E-state index is 11.6. The van der Waals surface area contributed by atoms with Gasteiger partial charge >= 0.3 is 0 Å². The Bertz CT molecular complexity index is 1140. The molecule has 3 aromatic rings. The molecule has 166 valence electrons. The maximum Gasteiger partial charge on any atom is 0.243 e. The molecule has 0 unspecified atom stereocenters. The predicted molar refractivity (Wildman–Crippen MR) is 122 cm³/mol. The number of aryl methyl sites for hydroxylation is 1. The summed E-state index contributed by atoms with van der Waals surface area (Å²) in [6.07, 6.45) is 4.18. The van der Waals surface area contributed by atoms with Gasteiger partial charge in [-0.3, -0.25) is 9.78 Å². The topological polar surface area (TPSA) is 80.7 Å². The summed E-state index contributed by atoms with van der Waals surface area (Å²) >= 11 is 0. The van der Waals surface area contributed by atoms with Gasteiger partial charge in [-0.1, -0.05) is 6.07 Å². The number of amides is 1. The number of ether oxygens (including phenoxy) is 2. The highest BCUT2D eigenvalue weighted by atomic mass is 16.5. The number of hydrogen-bond acceptors (Lipinski definition) is 7. The standard InChI is InChI=1S/C24H27N5O3/c1-16-13-18(3-4-22(16)29-10-8-28(9-11-29)17(2)30)20-14-21-23(26-7-6-25-21)24(27-20)32-19-5-12-31-15-19/h3-4,6-7,13-14,19H,5,8-12,15H2,1-2H3/t19-/m1/s1. The second kappa shape index (κ2) is 8.70. The number of fused-ring (bicyclic) bond motifs is 1. The smallest absolute Gasteiger partial charge is 0.243 e. The Hall–Kier alpha value is -3.26. The summed E-state index contributed by atoms with van der Waals surface area (Å²) in [6.45, 7) is 8.21. The molecule has 1 aromatic carbocycles. The number of carbonyl (C=O) groups excluding carboxylic acids is 1. The van der Waals surface area contributed by atoms with Crippen LogP contribution in [0.5, 0.6) is 5.88 Å². The van der Waals surface area contributed by atoms with E-state index in [-0.39, 0.29) is 12.0 Å². The molecule has 32 heavy (non-hydrogen) atoms. The molecule has 2 aliphatic heterocycles. The molecular weight excluding hydrogens is 406 g/mol. The molecule has 2 aliphatic rings. The van der Waals surface area contributed by atoms with Crippen LogP contribution in [0.15, 0.2) is 36.7 Å². The number of carbonyl (C=O) groups is 1. The minimum atomic E-state index is -0.0132. The Morgan fingerprint density at radius 1 is 1.12 bits per heavy atom. The minimum absolute atomic E-state index is 0.0132. The average molecular weight is 434 g/mol. The van der Waals surface area contributed by atoms with Crippen molar-refractivity contribution in [3.05, 3.63) is 42.2 Å². The molecule has 2 saturated heterocycles. The van der Waals surface area contributed by atoms with Crippen molar-refractivity contribution in [2.24, 2.45) is 0 Å². The van der Waals surface area contributed by atoms with Crippen LogP contribution >= 0.6 is 0 Å². The lowest BCUT2D eigenvalue weighted by Crippen LogP contribution is -2.48. The highest BCUT2D eigenvalue weighted by Gasteiger charge is 2.22. The lowest BCUT2D eigenvalue weighted by Gasteiger charge is -2.36. The lowest BCUT2D eigenvalue weighted by molar-refractivity contribution is -0.129. The molecule has 0 bridgehead atoms. The Morgan fingerprint density at radius 2 is 1.94 bits per heavy atom. The Morgan fingerprint density at radius 3 is 2.66 bits per heavy atom. The van der Waals surface area contributed by atoms with Crippen LogP contribution < -0.4 is 9.64 Å². The van der Waals surface area contributed by atoms with E-state index in [0.29, 0.717) is 24.6 Å². The number of aromatic nitrogens is 3. The van der Waals surface area contributed by atoms with E-state index in [1.54, 1.807) is 19.3 Å². The van der Waals surface area contributed by atoms with E-state index in [1.165, 1.54) is 11.3 Å². The van der Waals surface area contributed by atoms with Crippen LogP contribution in [0.1, 0.15) is 18.9 Å². The van der Waals surface area contributed by atoms with Gasteiger partial charge in [0.25, 0.3) is 0 Å². The molecule has 4 heterocycles. The highest BCUT2D eigenvalue weighted by molar-refractivity contribution is 5.84. The molecule has 1 atom stereocenters. The molecule has 0 spiro atoms. The fourth-order valence-corrected chi connectivity index (χ4v) is 4.37. The van der Waals surface area contributed by atoms with Crippen LogP contribution in [-0.2, 0) is 9.53 Å². The van der Waals surface area contributed by atoms with Gasteiger partial charge < -0.3 is 19.3 Å². The third-order valence-electron chi connectivity index (χ3n) is 6.15. The number of pyridine rings is 1. The van der Waals surface area contributed by atoms with Crippen LogP contribution in [0.2, 0.25) is 0 Å². The van der Waals surface area contributed by atoms with Gasteiger partial charge in [-0.15, -0.1) is 0 Å². The van der Waals surface area contributed by atoms with Gasteiger partial charge in [-0.2, -0.15) is 0 Å². The summed E-state index contributed by atoms with van der Waals surface area (Å²) in [7, 11) is 0. The number of hydrogen-bond donors (Lipinski definition) is 0. The first-order valence-electron chi connectivity index (χ1n) is 11.1. The van der Waals surface area contributed by atoms with E-state index in [4.69, 9.17) is 14.5 Å². The van der Waals surface area contributed by atoms with E-state index in [9.17, 15) is 4.79 Å². The van der Waals surface area contributed by atoms with Crippen LogP contribution in [-0.4, -0.2) is 71.3 Å². The summed E-state index contributed by atoms with van der Waals surface area (Å²) in [4.78, 5) is 29.6. The molecule has 0 saturated carbocycles. The number of anilines is 1. The fraction of sp³-hybridized carbons (Fsp3) is 0.417. The average Bonchev–Trinajstić information content (AvgIpc) is 3.32. The van der Waals surface area contributed by atoms with E-state index in [0.717, 1.165) is 49.4 Å². The van der Waals surface area contributed by atoms with Crippen molar-refractivity contribution in [3.63, 3.8) is 0 Å². The Kier molecular flexibility index (Phi) is 5.61. The van der Waals surface area contributed by atoms with Crippen molar-refractivity contribution in [1.29, 1.82) is 0 Å². The van der Waals surface area contributed by atoms with Crippen molar-refractivity contribution in [1.82, 2.24) is 19.9 Å². The van der Waals surface area contributed by atoms with Crippen molar-refractivity contribution >= 4 is 22.6 Å². The molecule has 8 nitrogen and oxygen atoms in total. The van der Waals surface area contributed by atoms with Gasteiger partial charge in [0.15, 0.2) is 5.52 Å². The van der Waals surface area contributed by atoms with Crippen molar-refractivity contribution < 1.29 is 14.3 Å². The predicted octanol–water partition coefficient (Wildman–Crippen LogP) is 2.84. The second-order valence-corrected chi connectivity index (χ2v) is 8.33. The van der Waals surface area contributed by atoms with Crippen LogP contribution in [0.4, 0.5) is 5.69 Å². The number of benzene rings is 1. The van der Waals surface area contributed by atoms with Gasteiger partial charge in [0, 0.05) is 63.2 Å². The fourth-order valence-electron chi connectivity index (χ4n) is 4.37. The zero-order valence-corrected chi connectivity index (χ0v) is 18.5. The first-order valence-corrected chi connectivity index (χ1v) is 11.1. The van der Waals surface area contributed by atoms with Gasteiger partial charge in [0.2, 0.25) is 11.8 Å². The monoisotopic (exact) mass is 433 g/mol. The summed E-state index contributed by atoms with van der Waals surface area (Å²) < 4.78 is 11.6. The largest absolute Gasteiger partial charge is 0.470 e. The van der Waals surface area contributed by atoms with E-state index >= 15 is 0 Å². The van der Waals surface area contributed by atoms with Gasteiger partial charge in [-0.25, -0.2) is 9.97 Å². The van der Waals surface area contributed by atoms with E-state index < -0.39 is 0 Å². The van der Waals surface area contributed by atoms with Gasteiger partial charge in [-0.05, 0) is 30.7 Å². The molecule has 2 fully saturated rings. The third-order valence-corrected chi connectivity index (χ3v) is 6.15. The molecule has 8 heteroatoms. The Balaban J connectivity index is 1.44. The van der Waals surface area contributed by atoms with Crippen molar-refractivity contribution in [3.8, 4) is 17.1 Å².